The fraction of sp³-hybridized carbons (Fsp3) is 0.176. The molecule has 0 aliphatic heterocycles. The van der Waals surface area contributed by atoms with Gasteiger partial charge in [-0.1, -0.05) is 47.5 Å². The topological polar surface area (TPSA) is 21.3 Å². The molecule has 0 atom stereocenters. The van der Waals surface area contributed by atoms with Crippen LogP contribution in [0.1, 0.15) is 11.1 Å². The zero-order chi connectivity index (χ0) is 15.1. The first-order valence-corrected chi connectivity index (χ1v) is 7.42. The molecule has 2 aromatic rings. The summed E-state index contributed by atoms with van der Waals surface area (Å²) >= 11 is 11.9. The van der Waals surface area contributed by atoms with Crippen LogP contribution in [-0.2, 0) is 13.2 Å². The fourth-order valence-corrected chi connectivity index (χ4v) is 2.14. The molecule has 0 aliphatic carbocycles. The van der Waals surface area contributed by atoms with Crippen molar-refractivity contribution in [3.63, 3.8) is 0 Å². The van der Waals surface area contributed by atoms with E-state index in [9.17, 15) is 0 Å². The Morgan fingerprint density at radius 2 is 1.71 bits per heavy atom. The van der Waals surface area contributed by atoms with E-state index in [2.05, 4.69) is 11.9 Å². The quantitative estimate of drug-likeness (QED) is 0.581. The van der Waals surface area contributed by atoms with Gasteiger partial charge in [-0.3, -0.25) is 0 Å². The van der Waals surface area contributed by atoms with E-state index >= 15 is 0 Å². The molecule has 0 amide bonds. The molecule has 0 bridgehead atoms. The number of hydrogen-bond acceptors (Lipinski definition) is 2. The smallest absolute Gasteiger partial charge is 0.119 e. The number of nitrogens with one attached hydrogen (secondary N) is 1. The van der Waals surface area contributed by atoms with Gasteiger partial charge in [-0.05, 0) is 35.4 Å². The van der Waals surface area contributed by atoms with Gasteiger partial charge in [-0.25, -0.2) is 0 Å². The minimum absolute atomic E-state index is 0.463. The Morgan fingerprint density at radius 3 is 2.38 bits per heavy atom. The Bertz CT molecular complexity index is 596. The lowest BCUT2D eigenvalue weighted by Gasteiger charge is -2.08. The predicted octanol–water partition coefficient (Wildman–Crippen LogP) is 4.85. The van der Waals surface area contributed by atoms with Crippen LogP contribution in [0.3, 0.4) is 0 Å². The first-order chi connectivity index (χ1) is 10.2. The molecule has 2 aromatic carbocycles. The van der Waals surface area contributed by atoms with Gasteiger partial charge in [0.1, 0.15) is 12.4 Å². The largest absolute Gasteiger partial charge is 0.489 e. The van der Waals surface area contributed by atoms with Gasteiger partial charge < -0.3 is 10.1 Å². The average molecular weight is 322 g/mol. The maximum Gasteiger partial charge on any atom is 0.119 e. The molecule has 2 nitrogen and oxygen atoms in total. The van der Waals surface area contributed by atoms with Crippen LogP contribution in [-0.4, -0.2) is 6.54 Å². The number of rotatable bonds is 7. The average Bonchev–Trinajstić information content (AvgIpc) is 2.50. The molecular weight excluding hydrogens is 305 g/mol. The first-order valence-electron chi connectivity index (χ1n) is 6.66. The summed E-state index contributed by atoms with van der Waals surface area (Å²) in [6.07, 6.45) is 1.84. The van der Waals surface area contributed by atoms with Crippen molar-refractivity contribution in [2.24, 2.45) is 0 Å². The number of halogens is 2. The van der Waals surface area contributed by atoms with E-state index in [0.717, 1.165) is 24.4 Å². The molecule has 0 aromatic heterocycles. The van der Waals surface area contributed by atoms with Crippen LogP contribution in [0.25, 0.3) is 0 Å². The van der Waals surface area contributed by atoms with E-state index in [4.69, 9.17) is 27.9 Å². The first kappa shape index (κ1) is 15.9. The molecule has 0 fully saturated rings. The summed E-state index contributed by atoms with van der Waals surface area (Å²) in [5, 5.41) is 4.35. The predicted molar refractivity (Wildman–Crippen MR) is 89.1 cm³/mol. The summed E-state index contributed by atoms with van der Waals surface area (Å²) in [6.45, 7) is 5.75. The van der Waals surface area contributed by atoms with E-state index < -0.39 is 0 Å². The van der Waals surface area contributed by atoms with Crippen molar-refractivity contribution in [3.05, 3.63) is 76.3 Å². The maximum atomic E-state index is 5.98. The molecule has 0 unspecified atom stereocenters. The van der Waals surface area contributed by atoms with Crippen molar-refractivity contribution >= 4 is 23.2 Å². The van der Waals surface area contributed by atoms with E-state index in [0.29, 0.717) is 16.7 Å². The van der Waals surface area contributed by atoms with Crippen LogP contribution in [0.5, 0.6) is 5.75 Å². The van der Waals surface area contributed by atoms with Gasteiger partial charge in [0.15, 0.2) is 0 Å². The zero-order valence-corrected chi connectivity index (χ0v) is 13.1. The Labute approximate surface area is 135 Å². The van der Waals surface area contributed by atoms with Gasteiger partial charge in [-0.2, -0.15) is 0 Å². The van der Waals surface area contributed by atoms with Crippen LogP contribution >= 0.6 is 23.2 Å². The Morgan fingerprint density at radius 1 is 1.00 bits per heavy atom. The highest BCUT2D eigenvalue weighted by atomic mass is 35.5. The summed E-state index contributed by atoms with van der Waals surface area (Å²) in [5.74, 6) is 0.827. The van der Waals surface area contributed by atoms with Crippen LogP contribution in [0.15, 0.2) is 55.1 Å². The second-order valence-corrected chi connectivity index (χ2v) is 5.42. The van der Waals surface area contributed by atoms with E-state index in [1.54, 1.807) is 6.07 Å². The molecule has 1 N–H and O–H groups in total. The number of ether oxygens (including phenoxy) is 1. The molecular formula is C17H17Cl2NO. The highest BCUT2D eigenvalue weighted by molar-refractivity contribution is 6.42. The summed E-state index contributed by atoms with van der Waals surface area (Å²) in [6, 6.07) is 13.5. The van der Waals surface area contributed by atoms with E-state index in [1.165, 1.54) is 5.56 Å². The third-order valence-corrected chi connectivity index (χ3v) is 3.67. The molecule has 2 rings (SSSR count). The Hall–Kier alpha value is -1.48. The normalized spacial score (nSPS) is 10.4. The second-order valence-electron chi connectivity index (χ2n) is 4.60. The van der Waals surface area contributed by atoms with Crippen LogP contribution in [0.2, 0.25) is 10.0 Å². The summed E-state index contributed by atoms with van der Waals surface area (Å²) in [7, 11) is 0. The lowest BCUT2D eigenvalue weighted by Crippen LogP contribution is -2.12. The third kappa shape index (κ3) is 5.09. The SMILES string of the molecule is C=CCNCc1ccc(OCc2ccc(Cl)c(Cl)c2)cc1. The standard InChI is InChI=1S/C17H17Cl2NO/c1-2-9-20-11-13-3-6-15(7-4-13)21-12-14-5-8-16(18)17(19)10-14/h2-8,10,20H,1,9,11-12H2. The highest BCUT2D eigenvalue weighted by Gasteiger charge is 2.01. The Balaban J connectivity index is 1.88. The van der Waals surface area contributed by atoms with Gasteiger partial charge >= 0.3 is 0 Å². The molecule has 110 valence electrons. The summed E-state index contributed by atoms with van der Waals surface area (Å²) in [5.41, 5.74) is 2.19. The van der Waals surface area contributed by atoms with Crippen molar-refractivity contribution in [3.8, 4) is 5.75 Å². The second kappa shape index (κ2) is 8.08. The van der Waals surface area contributed by atoms with E-state index in [-0.39, 0.29) is 0 Å². The molecule has 0 saturated carbocycles. The monoisotopic (exact) mass is 321 g/mol. The number of benzene rings is 2. The minimum atomic E-state index is 0.463. The van der Waals surface area contributed by atoms with Gasteiger partial charge in [0.25, 0.3) is 0 Å². The van der Waals surface area contributed by atoms with Crippen molar-refractivity contribution in [2.45, 2.75) is 13.2 Å². The molecule has 0 radical (unpaired) electrons. The van der Waals surface area contributed by atoms with Crippen molar-refractivity contribution in [1.29, 1.82) is 0 Å². The fourth-order valence-electron chi connectivity index (χ4n) is 1.82. The third-order valence-electron chi connectivity index (χ3n) is 2.93. The molecule has 0 heterocycles. The van der Waals surface area contributed by atoms with Crippen molar-refractivity contribution in [2.75, 3.05) is 6.54 Å². The van der Waals surface area contributed by atoms with Gasteiger partial charge in [-0.15, -0.1) is 6.58 Å². The van der Waals surface area contributed by atoms with Crippen LogP contribution in [0.4, 0.5) is 0 Å². The lowest BCUT2D eigenvalue weighted by atomic mass is 10.2. The van der Waals surface area contributed by atoms with Gasteiger partial charge in [0.05, 0.1) is 10.0 Å². The van der Waals surface area contributed by atoms with Gasteiger partial charge in [0.2, 0.25) is 0 Å². The molecule has 0 spiro atoms. The van der Waals surface area contributed by atoms with Gasteiger partial charge in [0, 0.05) is 13.1 Å². The lowest BCUT2D eigenvalue weighted by molar-refractivity contribution is 0.306. The van der Waals surface area contributed by atoms with Crippen LogP contribution < -0.4 is 10.1 Å². The molecule has 0 aliphatic rings. The summed E-state index contributed by atoms with van der Waals surface area (Å²) < 4.78 is 5.73. The molecule has 0 saturated heterocycles. The zero-order valence-electron chi connectivity index (χ0n) is 11.6. The number of hydrogen-bond donors (Lipinski definition) is 1. The van der Waals surface area contributed by atoms with Crippen molar-refractivity contribution < 1.29 is 4.74 Å². The highest BCUT2D eigenvalue weighted by Crippen LogP contribution is 2.23. The van der Waals surface area contributed by atoms with E-state index in [1.807, 2.05) is 42.5 Å². The molecule has 4 heteroatoms. The Kier molecular flexibility index (Phi) is 6.12. The minimum Gasteiger partial charge on any atom is -0.489 e. The molecule has 21 heavy (non-hydrogen) atoms. The van der Waals surface area contributed by atoms with Crippen molar-refractivity contribution in [1.82, 2.24) is 5.32 Å². The summed E-state index contributed by atoms with van der Waals surface area (Å²) in [4.78, 5) is 0. The maximum absolute atomic E-state index is 5.98. The van der Waals surface area contributed by atoms with Crippen LogP contribution in [0, 0.1) is 0 Å².